The van der Waals surface area contributed by atoms with E-state index < -0.39 is 15.0 Å². The van der Waals surface area contributed by atoms with Gasteiger partial charge >= 0.3 is 89.9 Å². The summed E-state index contributed by atoms with van der Waals surface area (Å²) in [6.07, 6.45) is 0. The third-order valence-electron chi connectivity index (χ3n) is 0. The molecule has 0 bridgehead atoms. The monoisotopic (exact) mass is 162 g/mol. The molecule has 0 radical (unpaired) electrons. The molecule has 0 aliphatic rings. The van der Waals surface area contributed by atoms with Gasteiger partial charge in [-0.1, -0.05) is 0 Å². The van der Waals surface area contributed by atoms with Crippen molar-refractivity contribution in [2.75, 3.05) is 0 Å². The van der Waals surface area contributed by atoms with E-state index in [1.54, 1.807) is 0 Å². The van der Waals surface area contributed by atoms with Crippen LogP contribution in [0.15, 0.2) is 0 Å². The summed E-state index contributed by atoms with van der Waals surface area (Å²) < 4.78 is 33.2. The Morgan fingerprint density at radius 3 is 1.29 bits per heavy atom. The third kappa shape index (κ3) is 63.3. The van der Waals surface area contributed by atoms with Crippen LogP contribution < -0.4 is 67.2 Å². The van der Waals surface area contributed by atoms with Crippen molar-refractivity contribution in [1.82, 2.24) is 0 Å². The Labute approximate surface area is 88.5 Å². The first-order valence-corrected chi connectivity index (χ1v) is 3.08. The molecule has 1 N–H and O–H groups in total. The Morgan fingerprint density at radius 2 is 1.29 bits per heavy atom. The second kappa shape index (κ2) is 6.39. The predicted octanol–water partition coefficient (Wildman–Crippen LogP) is -9.05. The fraction of sp³-hybridized carbons (Fsp3) is 0. The van der Waals surface area contributed by atoms with E-state index in [0.717, 1.165) is 0 Å². The van der Waals surface area contributed by atoms with Crippen molar-refractivity contribution in [2.45, 2.75) is 0 Å². The van der Waals surface area contributed by atoms with Crippen molar-refractivity contribution in [3.63, 3.8) is 0 Å². The van der Waals surface area contributed by atoms with Crippen molar-refractivity contribution in [3.05, 3.63) is 0 Å². The Kier molecular flexibility index (Phi) is 14.7. The molecule has 0 spiro atoms. The summed E-state index contributed by atoms with van der Waals surface area (Å²) in [6.45, 7) is 0. The second-order valence-corrected chi connectivity index (χ2v) is 1.93. The molecule has 0 aromatic carbocycles. The van der Waals surface area contributed by atoms with Crippen LogP contribution >= 0.6 is 0 Å². The van der Waals surface area contributed by atoms with Crippen LogP contribution in [0.4, 0.5) is 0 Å². The summed E-state index contributed by atoms with van der Waals surface area (Å²) in [5, 5.41) is 0. The molecule has 0 saturated carbocycles. The quantitative estimate of drug-likeness (QED) is 0.358. The molecular formula is HNa2O4V. The molecule has 0 amide bonds. The van der Waals surface area contributed by atoms with Gasteiger partial charge in [0, 0.05) is 0 Å². The van der Waals surface area contributed by atoms with Crippen LogP contribution in [0.5, 0.6) is 0 Å². The molecule has 0 rings (SSSR count). The first kappa shape index (κ1) is 16.1. The normalized spacial score (nSPS) is 8.43. The van der Waals surface area contributed by atoms with Gasteiger partial charge in [-0.3, -0.25) is 0 Å². The summed E-state index contributed by atoms with van der Waals surface area (Å²) in [4.78, 5) is 0. The molecule has 0 saturated heterocycles. The molecule has 32 valence electrons. The van der Waals surface area contributed by atoms with Crippen LogP contribution in [0.25, 0.3) is 0 Å². The van der Waals surface area contributed by atoms with Crippen LogP contribution in [0.3, 0.4) is 0 Å². The fourth-order valence-electron chi connectivity index (χ4n) is 0. The molecular weight excluding hydrogens is 161 g/mol. The summed E-state index contributed by atoms with van der Waals surface area (Å²) in [7, 11) is 0. The average molecular weight is 162 g/mol. The van der Waals surface area contributed by atoms with E-state index >= 15 is 0 Å². The zero-order valence-corrected chi connectivity index (χ0v) is 9.52. The standard InChI is InChI=1S/2Na.H2O.3O.V/h;;1H2;;;;/q2*+1;;;2*-1;+1/p-1. The topological polar surface area (TPSA) is 83.4 Å². The Balaban J connectivity index is -0.0000000800. The fourth-order valence-corrected chi connectivity index (χ4v) is 0. The number of hydrogen-bond donors (Lipinski definition) is 1. The third-order valence-corrected chi connectivity index (χ3v) is 0. The van der Waals surface area contributed by atoms with Crippen molar-refractivity contribution >= 4 is 0 Å². The Bertz CT molecular complexity index is 55.8. The second-order valence-electron chi connectivity index (χ2n) is 0.469. The van der Waals surface area contributed by atoms with Crippen molar-refractivity contribution in [2.24, 2.45) is 0 Å². The number of rotatable bonds is 0. The van der Waals surface area contributed by atoms with Crippen LogP contribution in [-0.4, -0.2) is 4.03 Å². The molecule has 7 heteroatoms. The summed E-state index contributed by atoms with van der Waals surface area (Å²) in [5.41, 5.74) is 0. The molecule has 0 aromatic rings. The zero-order chi connectivity index (χ0) is 4.50. The van der Waals surface area contributed by atoms with Gasteiger partial charge in [-0.25, -0.2) is 0 Å². The SMILES string of the molecule is [Na+].[Na+].[O]=[V]([O-])([O-])[OH]. The molecule has 0 aliphatic carbocycles. The minimum atomic E-state index is -5.62. The Hall–Kier alpha value is 2.26. The van der Waals surface area contributed by atoms with Gasteiger partial charge in [0.15, 0.2) is 0 Å². The molecule has 0 unspecified atom stereocenters. The summed E-state index contributed by atoms with van der Waals surface area (Å²) >= 11 is -5.62. The molecule has 0 aromatic heterocycles. The molecule has 0 atom stereocenters. The van der Waals surface area contributed by atoms with Crippen LogP contribution in [0.2, 0.25) is 0 Å². The van der Waals surface area contributed by atoms with Crippen LogP contribution in [-0.2, 0) is 18.7 Å². The predicted molar refractivity (Wildman–Crippen MR) is 2.91 cm³/mol. The van der Waals surface area contributed by atoms with Gasteiger partial charge in [-0.05, 0) is 0 Å². The molecule has 0 fully saturated rings. The first-order valence-electron chi connectivity index (χ1n) is 0.748. The van der Waals surface area contributed by atoms with Gasteiger partial charge in [0.25, 0.3) is 0 Å². The van der Waals surface area contributed by atoms with E-state index in [-0.39, 0.29) is 59.1 Å². The van der Waals surface area contributed by atoms with Crippen molar-refractivity contribution < 1.29 is 89.9 Å². The van der Waals surface area contributed by atoms with E-state index in [4.69, 9.17) is 15.8 Å². The van der Waals surface area contributed by atoms with E-state index in [0.29, 0.717) is 0 Å². The molecule has 7 heavy (non-hydrogen) atoms. The van der Waals surface area contributed by atoms with Gasteiger partial charge in [0.1, 0.15) is 0 Å². The average Bonchev–Trinajstić information content (AvgIpc) is 0.722. The van der Waals surface area contributed by atoms with Crippen LogP contribution in [0.1, 0.15) is 0 Å². The first-order chi connectivity index (χ1) is 2.00. The number of hydrogen-bond acceptors (Lipinski definition) is 3. The zero-order valence-electron chi connectivity index (χ0n) is 4.12. The molecule has 0 aliphatic heterocycles. The maximum atomic E-state index is 8.72. The van der Waals surface area contributed by atoms with E-state index in [1.807, 2.05) is 0 Å². The van der Waals surface area contributed by atoms with E-state index in [2.05, 4.69) is 0 Å². The minimum absolute atomic E-state index is 0. The van der Waals surface area contributed by atoms with Gasteiger partial charge in [-0.2, -0.15) is 0 Å². The maximum absolute atomic E-state index is 8.72. The van der Waals surface area contributed by atoms with Gasteiger partial charge in [0.05, 0.1) is 0 Å². The van der Waals surface area contributed by atoms with Crippen molar-refractivity contribution in [1.29, 1.82) is 0 Å². The van der Waals surface area contributed by atoms with Gasteiger partial charge in [0.2, 0.25) is 0 Å². The van der Waals surface area contributed by atoms with Crippen LogP contribution in [0, 0.1) is 0 Å². The van der Waals surface area contributed by atoms with Gasteiger partial charge < -0.3 is 0 Å². The van der Waals surface area contributed by atoms with Gasteiger partial charge in [-0.15, -0.1) is 0 Å². The molecule has 4 nitrogen and oxygen atoms in total. The Morgan fingerprint density at radius 1 is 1.29 bits per heavy atom. The molecule has 0 heterocycles. The summed E-state index contributed by atoms with van der Waals surface area (Å²) in [6, 6.07) is 0. The summed E-state index contributed by atoms with van der Waals surface area (Å²) in [5.74, 6) is 0. The van der Waals surface area contributed by atoms with E-state index in [9.17, 15) is 0 Å². The van der Waals surface area contributed by atoms with E-state index in [1.165, 1.54) is 0 Å². The van der Waals surface area contributed by atoms with Crippen molar-refractivity contribution in [3.8, 4) is 0 Å².